The lowest BCUT2D eigenvalue weighted by Gasteiger charge is -2.13. The molecule has 1 aromatic carbocycles. The van der Waals surface area contributed by atoms with Gasteiger partial charge in [-0.05, 0) is 13.0 Å². The first-order chi connectivity index (χ1) is 13.4. The molecule has 2 amide bonds. The Morgan fingerprint density at radius 3 is 2.64 bits per heavy atom. The minimum absolute atomic E-state index is 0.0689. The van der Waals surface area contributed by atoms with Crippen molar-refractivity contribution < 1.29 is 29.3 Å². The van der Waals surface area contributed by atoms with E-state index in [4.69, 9.17) is 14.6 Å². The minimum Gasteiger partial charge on any atom is -0.454 e. The normalized spacial score (nSPS) is 13.4. The number of aromatic nitrogens is 1. The van der Waals surface area contributed by atoms with E-state index in [2.05, 4.69) is 10.6 Å². The van der Waals surface area contributed by atoms with Crippen LogP contribution < -0.4 is 25.5 Å². The molecule has 1 atom stereocenters. The van der Waals surface area contributed by atoms with E-state index in [9.17, 15) is 19.5 Å². The van der Waals surface area contributed by atoms with Gasteiger partial charge in [0.15, 0.2) is 11.5 Å². The van der Waals surface area contributed by atoms with Crippen LogP contribution in [0.25, 0.3) is 10.9 Å². The zero-order chi connectivity index (χ0) is 20.3. The third-order valence-corrected chi connectivity index (χ3v) is 4.31. The number of aryl methyl sites for hydroxylation is 1. The van der Waals surface area contributed by atoms with Crippen LogP contribution in [0.4, 0.5) is 0 Å². The number of ether oxygens (including phenoxy) is 2. The summed E-state index contributed by atoms with van der Waals surface area (Å²) in [5, 5.41) is 23.0. The molecular formula is C18H21N3O7. The van der Waals surface area contributed by atoms with Crippen molar-refractivity contribution in [2.24, 2.45) is 0 Å². The largest absolute Gasteiger partial charge is 0.454 e. The predicted octanol–water partition coefficient (Wildman–Crippen LogP) is -1.05. The lowest BCUT2D eigenvalue weighted by Crippen LogP contribution is -2.41. The average molecular weight is 391 g/mol. The summed E-state index contributed by atoms with van der Waals surface area (Å²) in [7, 11) is 0. The fourth-order valence-electron chi connectivity index (χ4n) is 2.82. The van der Waals surface area contributed by atoms with Gasteiger partial charge in [0.05, 0.1) is 30.2 Å². The van der Waals surface area contributed by atoms with Crippen LogP contribution in [0.1, 0.15) is 17.3 Å². The second-order valence-corrected chi connectivity index (χ2v) is 6.20. The third kappa shape index (κ3) is 3.92. The van der Waals surface area contributed by atoms with Crippen molar-refractivity contribution in [3.8, 4) is 11.5 Å². The predicted molar refractivity (Wildman–Crippen MR) is 98.4 cm³/mol. The van der Waals surface area contributed by atoms with Crippen LogP contribution in [-0.2, 0) is 11.3 Å². The molecule has 0 saturated carbocycles. The van der Waals surface area contributed by atoms with Crippen molar-refractivity contribution in [1.29, 1.82) is 0 Å². The smallest absolute Gasteiger partial charge is 0.257 e. The van der Waals surface area contributed by atoms with E-state index in [0.29, 0.717) is 28.9 Å². The zero-order valence-corrected chi connectivity index (χ0v) is 15.2. The molecule has 2 heterocycles. The molecule has 2 aromatic rings. The molecule has 150 valence electrons. The van der Waals surface area contributed by atoms with Gasteiger partial charge in [-0.2, -0.15) is 0 Å². The third-order valence-electron chi connectivity index (χ3n) is 4.31. The van der Waals surface area contributed by atoms with Crippen LogP contribution in [0.5, 0.6) is 11.5 Å². The van der Waals surface area contributed by atoms with E-state index in [1.165, 1.54) is 6.20 Å². The molecule has 1 aromatic heterocycles. The van der Waals surface area contributed by atoms with E-state index >= 15 is 0 Å². The fraction of sp³-hybridized carbons (Fsp3) is 0.389. The summed E-state index contributed by atoms with van der Waals surface area (Å²) in [4.78, 5) is 37.0. The van der Waals surface area contributed by atoms with Crippen molar-refractivity contribution in [3.63, 3.8) is 0 Å². The lowest BCUT2D eigenvalue weighted by atomic mass is 10.1. The standard InChI is InChI=1S/C18H21N3O7/c1-2-21-7-12(18(26)20-6-16(24)19-5-10(23)8-22)17(25)11-3-14-15(4-13(11)21)28-9-27-14/h3-4,7,10,22-23H,2,5-6,8-9H2,1H3,(H,19,24)(H,20,26)/t10-/m1/s1. The number of benzene rings is 1. The molecule has 0 aliphatic carbocycles. The van der Waals surface area contributed by atoms with Crippen LogP contribution in [0.2, 0.25) is 0 Å². The number of amides is 2. The number of fused-ring (bicyclic) bond motifs is 2. The number of nitrogens with zero attached hydrogens (tertiary/aromatic N) is 1. The first kappa shape index (κ1) is 19.6. The summed E-state index contributed by atoms with van der Waals surface area (Å²) >= 11 is 0. The molecule has 0 radical (unpaired) electrons. The maximum absolute atomic E-state index is 12.8. The SMILES string of the molecule is CCn1cc(C(=O)NCC(=O)NC[C@@H](O)CO)c(=O)c2cc3c(cc21)OCO3. The minimum atomic E-state index is -1.08. The first-order valence-corrected chi connectivity index (χ1v) is 8.75. The average Bonchev–Trinajstić information content (AvgIpc) is 3.16. The number of aliphatic hydroxyl groups excluding tert-OH is 2. The van der Waals surface area contributed by atoms with Gasteiger partial charge in [0.25, 0.3) is 5.91 Å². The lowest BCUT2D eigenvalue weighted by molar-refractivity contribution is -0.120. The first-order valence-electron chi connectivity index (χ1n) is 8.75. The fourth-order valence-corrected chi connectivity index (χ4v) is 2.82. The number of nitrogens with one attached hydrogen (secondary N) is 2. The summed E-state index contributed by atoms with van der Waals surface area (Å²) in [5.41, 5.74) is 0.0343. The Morgan fingerprint density at radius 2 is 1.96 bits per heavy atom. The summed E-state index contributed by atoms with van der Waals surface area (Å²) in [5.74, 6) is -0.273. The highest BCUT2D eigenvalue weighted by atomic mass is 16.7. The Kier molecular flexibility index (Phi) is 5.81. The number of rotatable bonds is 7. The molecule has 28 heavy (non-hydrogen) atoms. The van der Waals surface area contributed by atoms with Crippen molar-refractivity contribution in [1.82, 2.24) is 15.2 Å². The number of hydrogen-bond acceptors (Lipinski definition) is 7. The van der Waals surface area contributed by atoms with Crippen LogP contribution in [0.15, 0.2) is 23.1 Å². The van der Waals surface area contributed by atoms with Gasteiger partial charge in [-0.15, -0.1) is 0 Å². The number of hydrogen-bond donors (Lipinski definition) is 4. The van der Waals surface area contributed by atoms with E-state index in [1.54, 1.807) is 16.7 Å². The Hall–Kier alpha value is -3.11. The van der Waals surface area contributed by atoms with Gasteiger partial charge < -0.3 is 34.9 Å². The van der Waals surface area contributed by atoms with Crippen LogP contribution >= 0.6 is 0 Å². The van der Waals surface area contributed by atoms with Gasteiger partial charge in [-0.1, -0.05) is 0 Å². The van der Waals surface area contributed by atoms with Gasteiger partial charge in [0.1, 0.15) is 5.56 Å². The molecule has 10 nitrogen and oxygen atoms in total. The molecule has 0 fully saturated rings. The number of aliphatic hydroxyl groups is 2. The van der Waals surface area contributed by atoms with Gasteiger partial charge >= 0.3 is 0 Å². The highest BCUT2D eigenvalue weighted by Crippen LogP contribution is 2.35. The molecule has 0 bridgehead atoms. The maximum atomic E-state index is 12.8. The molecule has 0 spiro atoms. The van der Waals surface area contributed by atoms with Crippen LogP contribution in [-0.4, -0.2) is 59.2 Å². The molecule has 10 heteroatoms. The van der Waals surface area contributed by atoms with Crippen LogP contribution in [0, 0.1) is 0 Å². The molecule has 0 saturated heterocycles. The Morgan fingerprint density at radius 1 is 1.25 bits per heavy atom. The van der Waals surface area contributed by atoms with Crippen molar-refractivity contribution in [2.75, 3.05) is 26.5 Å². The van der Waals surface area contributed by atoms with Crippen molar-refractivity contribution >= 4 is 22.7 Å². The Bertz CT molecular complexity index is 970. The summed E-state index contributed by atoms with van der Waals surface area (Å²) in [6.45, 7) is 1.45. The topological polar surface area (TPSA) is 139 Å². The summed E-state index contributed by atoms with van der Waals surface area (Å²) in [6, 6.07) is 3.25. The second kappa shape index (κ2) is 8.28. The molecule has 3 rings (SSSR count). The van der Waals surface area contributed by atoms with Gasteiger partial charge in [-0.3, -0.25) is 14.4 Å². The number of carbonyl (C=O) groups is 2. The maximum Gasteiger partial charge on any atom is 0.257 e. The number of pyridine rings is 1. The molecule has 0 unspecified atom stereocenters. The zero-order valence-electron chi connectivity index (χ0n) is 15.2. The highest BCUT2D eigenvalue weighted by Gasteiger charge is 2.21. The second-order valence-electron chi connectivity index (χ2n) is 6.20. The van der Waals surface area contributed by atoms with Crippen molar-refractivity contribution in [2.45, 2.75) is 19.6 Å². The van der Waals surface area contributed by atoms with E-state index in [-0.39, 0.29) is 25.4 Å². The Labute approximate surface area is 159 Å². The summed E-state index contributed by atoms with van der Waals surface area (Å²) < 4.78 is 12.4. The number of carbonyl (C=O) groups excluding carboxylic acids is 2. The molecule has 1 aliphatic rings. The molecule has 1 aliphatic heterocycles. The van der Waals surface area contributed by atoms with Gasteiger partial charge in [0.2, 0.25) is 18.1 Å². The van der Waals surface area contributed by atoms with Crippen LogP contribution in [0.3, 0.4) is 0 Å². The monoisotopic (exact) mass is 391 g/mol. The summed E-state index contributed by atoms with van der Waals surface area (Å²) in [6.07, 6.45) is 0.361. The quantitative estimate of drug-likeness (QED) is 0.472. The van der Waals surface area contributed by atoms with Gasteiger partial charge in [-0.25, -0.2) is 0 Å². The van der Waals surface area contributed by atoms with E-state index in [0.717, 1.165) is 0 Å². The van der Waals surface area contributed by atoms with E-state index in [1.807, 2.05) is 6.92 Å². The van der Waals surface area contributed by atoms with Crippen molar-refractivity contribution in [3.05, 3.63) is 34.1 Å². The molecular weight excluding hydrogens is 370 g/mol. The Balaban J connectivity index is 1.81. The van der Waals surface area contributed by atoms with E-state index < -0.39 is 30.0 Å². The molecule has 4 N–H and O–H groups in total. The highest BCUT2D eigenvalue weighted by molar-refractivity contribution is 5.99. The van der Waals surface area contributed by atoms with Gasteiger partial charge in [0, 0.05) is 25.4 Å².